The van der Waals surface area contributed by atoms with Crippen molar-refractivity contribution in [3.63, 3.8) is 0 Å². The van der Waals surface area contributed by atoms with Crippen molar-refractivity contribution < 1.29 is 0 Å². The van der Waals surface area contributed by atoms with Gasteiger partial charge in [-0.05, 0) is 185 Å². The van der Waals surface area contributed by atoms with Gasteiger partial charge in [0.2, 0.25) is 0 Å². The third-order valence-corrected chi connectivity index (χ3v) is 24.6. The van der Waals surface area contributed by atoms with E-state index in [0.717, 1.165) is 25.7 Å². The normalized spacial score (nSPS) is 22.3. The van der Waals surface area contributed by atoms with Crippen molar-refractivity contribution in [3.8, 4) is 22.3 Å². The first-order valence-corrected chi connectivity index (χ1v) is 34.3. The van der Waals surface area contributed by atoms with Gasteiger partial charge in [-0.25, -0.2) is 0 Å². The van der Waals surface area contributed by atoms with Crippen molar-refractivity contribution in [2.75, 3.05) is 19.6 Å². The van der Waals surface area contributed by atoms with E-state index in [1.165, 1.54) is 164 Å². The van der Waals surface area contributed by atoms with Crippen LogP contribution < -0.4 is 36.0 Å². The van der Waals surface area contributed by atoms with Crippen LogP contribution >= 0.6 is 11.3 Å². The standard InChI is InChI=1S/C84H81BN4S/c1-79(2,3)57-37-42-67(62(49-57)55-28-15-12-16-29-55)86-70-43-38-58(80(4,5)6)50-66(70)85-65-40-39-59(88-69-41-36-56(54-26-13-11-14-27-54)48-64(69)82(8)45-22-24-47-84(82,88)10)51-72(65)87(71-33-25-35-76-77(71)61-30-17-20-34-75(61)90-76)74-53-60(52-73(86)78(74)85)89-68-32-19-18-31-63(68)81(7)44-21-23-46-83(81,89)9/h11-20,25-43,48-53H,21-24,44-47H2,1-10H3. The van der Waals surface area contributed by atoms with Crippen LogP contribution in [0.15, 0.2) is 212 Å². The van der Waals surface area contributed by atoms with E-state index in [1.54, 1.807) is 0 Å². The molecule has 0 N–H and O–H groups in total. The number of rotatable bonds is 6. The van der Waals surface area contributed by atoms with Crippen LogP contribution in [0.2, 0.25) is 0 Å². The fraction of sp³-hybridized carbons (Fsp3) is 0.286. The van der Waals surface area contributed by atoms with E-state index in [0.29, 0.717) is 0 Å². The number of thiophene rings is 1. The Morgan fingerprint density at radius 1 is 0.378 bits per heavy atom. The highest BCUT2D eigenvalue weighted by Crippen LogP contribution is 2.64. The van der Waals surface area contributed by atoms with Gasteiger partial charge in [-0.3, -0.25) is 0 Å². The van der Waals surface area contributed by atoms with Crippen molar-refractivity contribution in [1.82, 2.24) is 0 Å². The lowest BCUT2D eigenvalue weighted by molar-refractivity contribution is 0.195. The van der Waals surface area contributed by atoms with E-state index < -0.39 is 0 Å². The van der Waals surface area contributed by atoms with Crippen LogP contribution in [0.25, 0.3) is 42.4 Å². The van der Waals surface area contributed by atoms with Gasteiger partial charge in [0.1, 0.15) is 0 Å². The molecular formula is C84H81BN4S. The first kappa shape index (κ1) is 55.7. The average molecular weight is 1190 g/mol. The Morgan fingerprint density at radius 2 is 0.922 bits per heavy atom. The maximum Gasteiger partial charge on any atom is 0.252 e. The Balaban J connectivity index is 1.00. The Hall–Kier alpha value is -8.32. The average Bonchev–Trinajstić information content (AvgIpc) is 1.24. The van der Waals surface area contributed by atoms with Crippen LogP contribution in [0, 0.1) is 0 Å². The largest absolute Gasteiger partial charge is 0.334 e. The van der Waals surface area contributed by atoms with Crippen LogP contribution in [0.3, 0.4) is 0 Å². The quantitative estimate of drug-likeness (QED) is 0.154. The molecule has 6 heteroatoms. The van der Waals surface area contributed by atoms with Crippen molar-refractivity contribution in [2.45, 2.75) is 153 Å². The van der Waals surface area contributed by atoms with E-state index >= 15 is 0 Å². The monoisotopic (exact) mass is 1190 g/mol. The number of para-hydroxylation sites is 1. The zero-order valence-electron chi connectivity index (χ0n) is 54.1. The summed E-state index contributed by atoms with van der Waals surface area (Å²) in [6.07, 6.45) is 9.42. The Kier molecular flexibility index (Phi) is 12.1. The molecule has 446 valence electrons. The first-order chi connectivity index (χ1) is 43.4. The highest BCUT2D eigenvalue weighted by Gasteiger charge is 2.60. The molecule has 5 heterocycles. The molecule has 90 heavy (non-hydrogen) atoms. The van der Waals surface area contributed by atoms with E-state index in [4.69, 9.17) is 0 Å². The van der Waals surface area contributed by atoms with E-state index in [1.807, 2.05) is 11.3 Å². The van der Waals surface area contributed by atoms with E-state index in [9.17, 15) is 0 Å². The molecule has 6 aliphatic rings. The Bertz CT molecular complexity index is 4760. The molecular weight excluding hydrogens is 1110 g/mol. The maximum absolute atomic E-state index is 2.84. The SMILES string of the molecule is CC(C)(C)c1ccc2c(c1)B1c3ccc(N4c5ccc(-c6ccccc6)cc5C5(C)CCCCC45C)cc3N(c3cccc4sc5ccccc5c34)c3cc(N4c5ccccc5C5(C)CCCCC45C)cc(c31)N2c1ccc(C(C)(C)C)cc1-c1ccccc1. The van der Waals surface area contributed by atoms with Gasteiger partial charge in [0.15, 0.2) is 0 Å². The molecule has 11 aromatic rings. The smallest absolute Gasteiger partial charge is 0.252 e. The second-order valence-corrected chi connectivity index (χ2v) is 31.4. The van der Waals surface area contributed by atoms with Gasteiger partial charge in [0.05, 0.1) is 22.5 Å². The molecule has 4 aliphatic heterocycles. The summed E-state index contributed by atoms with van der Waals surface area (Å²) in [6.45, 7) is 24.5. The van der Waals surface area contributed by atoms with Gasteiger partial charge in [0, 0.05) is 82.1 Å². The van der Waals surface area contributed by atoms with Crippen LogP contribution in [-0.4, -0.2) is 17.8 Å². The minimum Gasteiger partial charge on any atom is -0.334 e. The van der Waals surface area contributed by atoms with Crippen molar-refractivity contribution in [2.24, 2.45) is 0 Å². The summed E-state index contributed by atoms with van der Waals surface area (Å²) in [4.78, 5) is 11.1. The zero-order chi connectivity index (χ0) is 61.4. The lowest BCUT2D eigenvalue weighted by Crippen LogP contribution is -2.62. The molecule has 0 amide bonds. The Labute approximate surface area is 537 Å². The highest BCUT2D eigenvalue weighted by molar-refractivity contribution is 7.26. The second kappa shape index (κ2) is 19.6. The minimum atomic E-state index is -0.183. The molecule has 0 spiro atoms. The highest BCUT2D eigenvalue weighted by atomic mass is 32.1. The number of hydrogen-bond donors (Lipinski definition) is 0. The first-order valence-electron chi connectivity index (χ1n) is 33.4. The summed E-state index contributed by atoms with van der Waals surface area (Å²) in [5.74, 6) is 0. The number of fused-ring (bicyclic) bond motifs is 13. The van der Waals surface area contributed by atoms with Gasteiger partial charge >= 0.3 is 0 Å². The summed E-state index contributed by atoms with van der Waals surface area (Å²) in [5.41, 5.74) is 26.6. The molecule has 2 saturated carbocycles. The molecule has 0 bridgehead atoms. The van der Waals surface area contributed by atoms with Gasteiger partial charge in [-0.2, -0.15) is 0 Å². The van der Waals surface area contributed by atoms with Crippen LogP contribution in [-0.2, 0) is 21.7 Å². The van der Waals surface area contributed by atoms with Gasteiger partial charge in [0.25, 0.3) is 6.71 Å². The molecule has 1 aromatic heterocycles. The second-order valence-electron chi connectivity index (χ2n) is 30.3. The van der Waals surface area contributed by atoms with Crippen molar-refractivity contribution in [3.05, 3.63) is 235 Å². The zero-order valence-corrected chi connectivity index (χ0v) is 55.0. The molecule has 0 saturated heterocycles. The van der Waals surface area contributed by atoms with Crippen molar-refractivity contribution in [1.29, 1.82) is 0 Å². The van der Waals surface area contributed by atoms with Crippen LogP contribution in [0.1, 0.15) is 143 Å². The maximum atomic E-state index is 2.84. The number of anilines is 10. The topological polar surface area (TPSA) is 13.0 Å². The minimum absolute atomic E-state index is 0.0452. The summed E-state index contributed by atoms with van der Waals surface area (Å²) < 4.78 is 2.62. The molecule has 4 unspecified atom stereocenters. The molecule has 4 nitrogen and oxygen atoms in total. The third-order valence-electron chi connectivity index (χ3n) is 23.5. The summed E-state index contributed by atoms with van der Waals surface area (Å²) in [6, 6.07) is 83.5. The third kappa shape index (κ3) is 7.79. The van der Waals surface area contributed by atoms with Gasteiger partial charge in [-0.15, -0.1) is 11.3 Å². The summed E-state index contributed by atoms with van der Waals surface area (Å²) in [7, 11) is 0. The molecule has 0 radical (unpaired) electrons. The van der Waals surface area contributed by atoms with E-state index in [2.05, 4.69) is 301 Å². The van der Waals surface area contributed by atoms with Gasteiger partial charge < -0.3 is 19.6 Å². The van der Waals surface area contributed by atoms with Crippen LogP contribution in [0.5, 0.6) is 0 Å². The van der Waals surface area contributed by atoms with Crippen LogP contribution in [0.4, 0.5) is 56.9 Å². The van der Waals surface area contributed by atoms with Gasteiger partial charge in [-0.1, -0.05) is 215 Å². The summed E-state index contributed by atoms with van der Waals surface area (Å²) in [5, 5.41) is 2.61. The number of benzene rings is 10. The lowest BCUT2D eigenvalue weighted by atomic mass is 9.33. The lowest BCUT2D eigenvalue weighted by Gasteiger charge is -2.51. The Morgan fingerprint density at radius 3 is 1.63 bits per heavy atom. The predicted octanol–water partition coefficient (Wildman–Crippen LogP) is 21.6. The molecule has 2 aliphatic carbocycles. The van der Waals surface area contributed by atoms with Crippen molar-refractivity contribution >= 4 is 111 Å². The number of hydrogen-bond acceptors (Lipinski definition) is 5. The molecule has 10 aromatic carbocycles. The molecule has 2 fully saturated rings. The number of nitrogens with zero attached hydrogens (tertiary/aromatic N) is 4. The fourth-order valence-electron chi connectivity index (χ4n) is 18.3. The molecule has 17 rings (SSSR count). The molecule has 4 atom stereocenters. The predicted molar refractivity (Wildman–Crippen MR) is 387 cm³/mol. The van der Waals surface area contributed by atoms with E-state index in [-0.39, 0.29) is 39.5 Å². The summed E-state index contributed by atoms with van der Waals surface area (Å²) >= 11 is 1.92. The fourth-order valence-corrected chi connectivity index (χ4v) is 19.4.